The molecule has 1 aromatic heterocycles. The van der Waals surface area contributed by atoms with Gasteiger partial charge >= 0.3 is 6.03 Å². The highest BCUT2D eigenvalue weighted by Crippen LogP contribution is 2.29. The molecule has 1 aliphatic rings. The fourth-order valence-corrected chi connectivity index (χ4v) is 3.13. The highest BCUT2D eigenvalue weighted by Gasteiger charge is 2.34. The lowest BCUT2D eigenvalue weighted by Crippen LogP contribution is -2.50. The molecular weight excluding hydrogens is 266 g/mol. The molecule has 0 atom stereocenters. The van der Waals surface area contributed by atoms with Crippen LogP contribution in [0.4, 0.5) is 10.5 Å². The van der Waals surface area contributed by atoms with Gasteiger partial charge in [-0.1, -0.05) is 12.8 Å². The van der Waals surface area contributed by atoms with Crippen molar-refractivity contribution in [2.45, 2.75) is 38.1 Å². The predicted molar refractivity (Wildman–Crippen MR) is 83.5 cm³/mol. The molecule has 0 spiro atoms. The maximum absolute atomic E-state index is 12.1. The molecule has 5 heteroatoms. The van der Waals surface area contributed by atoms with Gasteiger partial charge in [-0.2, -0.15) is 0 Å². The number of carbonyl (C=O) groups is 1. The van der Waals surface area contributed by atoms with Gasteiger partial charge in [0.25, 0.3) is 0 Å². The van der Waals surface area contributed by atoms with Crippen molar-refractivity contribution < 1.29 is 9.90 Å². The van der Waals surface area contributed by atoms with Crippen molar-refractivity contribution in [1.82, 2.24) is 10.3 Å². The van der Waals surface area contributed by atoms with Gasteiger partial charge in [0.1, 0.15) is 0 Å². The number of aromatic nitrogens is 1. The number of hydrogen-bond acceptors (Lipinski definition) is 2. The topological polar surface area (TPSA) is 77.2 Å². The number of anilines is 1. The molecule has 0 bridgehead atoms. The molecule has 0 radical (unpaired) electrons. The Balaban J connectivity index is 1.70. The molecule has 5 nitrogen and oxygen atoms in total. The summed E-state index contributed by atoms with van der Waals surface area (Å²) < 4.78 is 0. The summed E-state index contributed by atoms with van der Waals surface area (Å²) in [4.78, 5) is 15.4. The lowest BCUT2D eigenvalue weighted by Gasteiger charge is -2.27. The molecule has 2 amide bonds. The quantitative estimate of drug-likeness (QED) is 0.700. The maximum Gasteiger partial charge on any atom is 0.319 e. The molecular formula is C16H21N3O2. The summed E-state index contributed by atoms with van der Waals surface area (Å²) in [6, 6.07) is 7.56. The van der Waals surface area contributed by atoms with E-state index in [0.29, 0.717) is 0 Å². The number of aliphatic hydroxyl groups excluding tert-OH is 1. The molecule has 0 unspecified atom stereocenters. The average molecular weight is 287 g/mol. The molecule has 1 fully saturated rings. The van der Waals surface area contributed by atoms with Gasteiger partial charge in [0.2, 0.25) is 0 Å². The Kier molecular flexibility index (Phi) is 3.59. The van der Waals surface area contributed by atoms with Crippen LogP contribution in [0.25, 0.3) is 10.9 Å². The van der Waals surface area contributed by atoms with Crippen LogP contribution in [0.3, 0.4) is 0 Å². The number of rotatable bonds is 3. The molecule has 2 aromatic rings. The van der Waals surface area contributed by atoms with Crippen LogP contribution in [-0.4, -0.2) is 28.3 Å². The number of nitrogens with one attached hydrogen (secondary N) is 3. The number of hydrogen-bond donors (Lipinski definition) is 4. The highest BCUT2D eigenvalue weighted by atomic mass is 16.3. The summed E-state index contributed by atoms with van der Waals surface area (Å²) in [6.07, 6.45) is 3.78. The Hall–Kier alpha value is -2.01. The third-order valence-electron chi connectivity index (χ3n) is 4.26. The van der Waals surface area contributed by atoms with Crippen molar-refractivity contribution in [3.63, 3.8) is 0 Å². The molecule has 112 valence electrons. The van der Waals surface area contributed by atoms with Crippen molar-refractivity contribution in [2.24, 2.45) is 0 Å². The number of carbonyl (C=O) groups excluding carboxylic acids is 1. The van der Waals surface area contributed by atoms with Crippen LogP contribution in [0.2, 0.25) is 0 Å². The van der Waals surface area contributed by atoms with E-state index in [2.05, 4.69) is 15.6 Å². The van der Waals surface area contributed by atoms with Crippen molar-refractivity contribution in [1.29, 1.82) is 0 Å². The van der Waals surface area contributed by atoms with Gasteiger partial charge < -0.3 is 20.7 Å². The third kappa shape index (κ3) is 2.88. The average Bonchev–Trinajstić information content (AvgIpc) is 3.04. The zero-order valence-corrected chi connectivity index (χ0v) is 12.2. The fraction of sp³-hybridized carbons (Fsp3) is 0.438. The summed E-state index contributed by atoms with van der Waals surface area (Å²) in [7, 11) is 0. The van der Waals surface area contributed by atoms with E-state index in [0.717, 1.165) is 48.0 Å². The van der Waals surface area contributed by atoms with Crippen molar-refractivity contribution in [3.8, 4) is 0 Å². The monoisotopic (exact) mass is 287 g/mol. The highest BCUT2D eigenvalue weighted by molar-refractivity contribution is 5.93. The van der Waals surface area contributed by atoms with Gasteiger partial charge in [0.15, 0.2) is 0 Å². The predicted octanol–water partition coefficient (Wildman–Crippen LogP) is 2.90. The number of urea groups is 1. The van der Waals surface area contributed by atoms with Crippen LogP contribution < -0.4 is 10.6 Å². The molecule has 3 rings (SSSR count). The zero-order chi connectivity index (χ0) is 14.9. The Bertz CT molecular complexity index is 657. The van der Waals surface area contributed by atoms with E-state index >= 15 is 0 Å². The Morgan fingerprint density at radius 1 is 1.33 bits per heavy atom. The molecule has 0 aliphatic heterocycles. The smallest absolute Gasteiger partial charge is 0.319 e. The van der Waals surface area contributed by atoms with E-state index in [1.807, 2.05) is 31.2 Å². The normalized spacial score (nSPS) is 17.0. The van der Waals surface area contributed by atoms with Crippen LogP contribution >= 0.6 is 0 Å². The first kappa shape index (κ1) is 13.9. The summed E-state index contributed by atoms with van der Waals surface area (Å²) in [6.45, 7) is 2.00. The minimum atomic E-state index is -0.446. The molecule has 1 aliphatic carbocycles. The fourth-order valence-electron chi connectivity index (χ4n) is 3.13. The van der Waals surface area contributed by atoms with E-state index in [1.165, 1.54) is 0 Å². The van der Waals surface area contributed by atoms with E-state index in [1.54, 1.807) is 0 Å². The second-order valence-corrected chi connectivity index (χ2v) is 5.98. The molecule has 0 saturated heterocycles. The minimum Gasteiger partial charge on any atom is -0.394 e. The molecule has 1 heterocycles. The molecule has 1 aromatic carbocycles. The minimum absolute atomic E-state index is 0.00351. The number of aryl methyl sites for hydroxylation is 1. The van der Waals surface area contributed by atoms with Crippen LogP contribution in [0, 0.1) is 6.92 Å². The van der Waals surface area contributed by atoms with Crippen molar-refractivity contribution in [3.05, 3.63) is 30.0 Å². The van der Waals surface area contributed by atoms with Crippen molar-refractivity contribution >= 4 is 22.6 Å². The Labute approximate surface area is 123 Å². The standard InChI is InChI=1S/C16H21N3O2/c1-11-8-12-9-13(4-5-14(12)17-11)18-15(21)19-16(10-20)6-2-3-7-16/h4-5,8-9,17,20H,2-3,6-7,10H2,1H3,(H2,18,19,21). The van der Waals surface area contributed by atoms with Gasteiger partial charge in [-0.25, -0.2) is 4.79 Å². The van der Waals surface area contributed by atoms with E-state index in [4.69, 9.17) is 0 Å². The Morgan fingerprint density at radius 2 is 2.10 bits per heavy atom. The first-order valence-corrected chi connectivity index (χ1v) is 7.40. The summed E-state index contributed by atoms with van der Waals surface area (Å²) in [5.41, 5.74) is 2.46. The first-order chi connectivity index (χ1) is 10.1. The molecule has 4 N–H and O–H groups in total. The van der Waals surface area contributed by atoms with Crippen LogP contribution in [-0.2, 0) is 0 Å². The summed E-state index contributed by atoms with van der Waals surface area (Å²) in [5, 5.41) is 16.4. The zero-order valence-electron chi connectivity index (χ0n) is 12.2. The number of aromatic amines is 1. The number of benzene rings is 1. The largest absolute Gasteiger partial charge is 0.394 e. The lowest BCUT2D eigenvalue weighted by molar-refractivity contribution is 0.167. The molecule has 1 saturated carbocycles. The number of amides is 2. The van der Waals surface area contributed by atoms with Crippen LogP contribution in [0.15, 0.2) is 24.3 Å². The van der Waals surface area contributed by atoms with Crippen molar-refractivity contribution in [2.75, 3.05) is 11.9 Å². The van der Waals surface area contributed by atoms with Crippen LogP contribution in [0.5, 0.6) is 0 Å². The summed E-state index contributed by atoms with van der Waals surface area (Å²) in [5.74, 6) is 0. The summed E-state index contributed by atoms with van der Waals surface area (Å²) >= 11 is 0. The van der Waals surface area contributed by atoms with Gasteiger partial charge in [0.05, 0.1) is 12.1 Å². The second-order valence-electron chi connectivity index (χ2n) is 5.98. The third-order valence-corrected chi connectivity index (χ3v) is 4.26. The SMILES string of the molecule is Cc1cc2cc(NC(=O)NC3(CO)CCCC3)ccc2[nH]1. The van der Waals surface area contributed by atoms with Gasteiger partial charge in [-0.3, -0.25) is 0 Å². The number of H-pyrrole nitrogens is 1. The first-order valence-electron chi connectivity index (χ1n) is 7.40. The lowest BCUT2D eigenvalue weighted by atomic mass is 9.99. The van der Waals surface area contributed by atoms with Gasteiger partial charge in [-0.05, 0) is 44.0 Å². The van der Waals surface area contributed by atoms with E-state index in [9.17, 15) is 9.90 Å². The second kappa shape index (κ2) is 5.41. The number of fused-ring (bicyclic) bond motifs is 1. The van der Waals surface area contributed by atoms with E-state index in [-0.39, 0.29) is 12.6 Å². The van der Waals surface area contributed by atoms with E-state index < -0.39 is 5.54 Å². The van der Waals surface area contributed by atoms with Crippen LogP contribution in [0.1, 0.15) is 31.4 Å². The van der Waals surface area contributed by atoms with Gasteiger partial charge in [-0.15, -0.1) is 0 Å². The Morgan fingerprint density at radius 3 is 2.81 bits per heavy atom. The van der Waals surface area contributed by atoms with Gasteiger partial charge in [0, 0.05) is 22.3 Å². The molecule has 21 heavy (non-hydrogen) atoms. The maximum atomic E-state index is 12.1. The number of aliphatic hydroxyl groups is 1.